The maximum absolute atomic E-state index is 5.34. The van der Waals surface area contributed by atoms with Gasteiger partial charge in [0.15, 0.2) is 5.82 Å². The number of rotatable bonds is 5. The predicted molar refractivity (Wildman–Crippen MR) is 232 cm³/mol. The first-order valence-corrected chi connectivity index (χ1v) is 19.6. The first-order valence-electron chi connectivity index (χ1n) is 18.8. The summed E-state index contributed by atoms with van der Waals surface area (Å²) in [4.78, 5) is 10.6. The van der Waals surface area contributed by atoms with Crippen molar-refractivity contribution >= 4 is 42.3 Å². The molecule has 1 unspecified atom stereocenters. The van der Waals surface area contributed by atoms with Crippen LogP contribution in [0.3, 0.4) is 0 Å². The topological polar surface area (TPSA) is 25.8 Å². The Hall–Kier alpha value is -6.68. The lowest BCUT2D eigenvalue weighted by Crippen LogP contribution is -2.22. The molecule has 2 heterocycles. The Morgan fingerprint density at radius 2 is 1.07 bits per heavy atom. The number of nitrogens with zero attached hydrogens (tertiary/aromatic N) is 2. The molecule has 0 N–H and O–H groups in total. The standard InChI is InChI=1S/C52H34N2S/c1-52(37-20-6-3-7-21-37)42-26-11-10-23-40(42)48-41(25-13-27-43(48)52)45-32-44(53-51(54-45)34-16-4-2-5-17-34)36-19-12-18-35(31-36)39-24-14-28-46-50(39)49-38-22-9-8-15-33(38)29-30-47(49)55-46/h2-32H,1H3. The van der Waals surface area contributed by atoms with E-state index in [1.165, 1.54) is 69.9 Å². The number of benzene rings is 8. The van der Waals surface area contributed by atoms with Crippen molar-refractivity contribution in [3.8, 4) is 56.2 Å². The van der Waals surface area contributed by atoms with Gasteiger partial charge in [0.2, 0.25) is 0 Å². The molecule has 1 aliphatic carbocycles. The molecule has 0 radical (unpaired) electrons. The van der Waals surface area contributed by atoms with E-state index in [4.69, 9.17) is 9.97 Å². The molecule has 2 nitrogen and oxygen atoms in total. The van der Waals surface area contributed by atoms with E-state index in [9.17, 15) is 0 Å². The molecule has 1 aliphatic rings. The third-order valence-electron chi connectivity index (χ3n) is 11.6. The summed E-state index contributed by atoms with van der Waals surface area (Å²) in [5.74, 6) is 0.714. The zero-order valence-electron chi connectivity index (χ0n) is 30.2. The van der Waals surface area contributed by atoms with Crippen molar-refractivity contribution in [3.63, 3.8) is 0 Å². The second kappa shape index (κ2) is 12.4. The third-order valence-corrected chi connectivity index (χ3v) is 12.7. The van der Waals surface area contributed by atoms with Crippen LogP contribution in [0.5, 0.6) is 0 Å². The molecule has 0 fully saturated rings. The lowest BCUT2D eigenvalue weighted by molar-refractivity contribution is 0.714. The molecule has 11 rings (SSSR count). The number of hydrogen-bond acceptors (Lipinski definition) is 3. The maximum Gasteiger partial charge on any atom is 0.160 e. The summed E-state index contributed by atoms with van der Waals surface area (Å²) in [5.41, 5.74) is 13.5. The van der Waals surface area contributed by atoms with E-state index in [0.29, 0.717) is 5.82 Å². The quantitative estimate of drug-likeness (QED) is 0.177. The van der Waals surface area contributed by atoms with Crippen molar-refractivity contribution in [2.75, 3.05) is 0 Å². The van der Waals surface area contributed by atoms with Gasteiger partial charge in [-0.3, -0.25) is 0 Å². The molecule has 0 bridgehead atoms. The fourth-order valence-electron chi connectivity index (χ4n) is 8.96. The summed E-state index contributed by atoms with van der Waals surface area (Å²) in [6.45, 7) is 2.36. The monoisotopic (exact) mass is 718 g/mol. The predicted octanol–water partition coefficient (Wildman–Crippen LogP) is 14.0. The highest BCUT2D eigenvalue weighted by Crippen LogP contribution is 2.55. The molecule has 0 amide bonds. The Morgan fingerprint density at radius 1 is 0.436 bits per heavy atom. The first kappa shape index (κ1) is 31.8. The Morgan fingerprint density at radius 3 is 1.96 bits per heavy atom. The van der Waals surface area contributed by atoms with Crippen LogP contribution in [0.25, 0.3) is 87.1 Å². The molecule has 55 heavy (non-hydrogen) atoms. The van der Waals surface area contributed by atoms with Crippen molar-refractivity contribution in [3.05, 3.63) is 205 Å². The third kappa shape index (κ3) is 4.94. The molecule has 0 aliphatic heterocycles. The van der Waals surface area contributed by atoms with Crippen LogP contribution >= 0.6 is 11.3 Å². The zero-order valence-corrected chi connectivity index (χ0v) is 31.0. The van der Waals surface area contributed by atoms with Crippen molar-refractivity contribution in [2.24, 2.45) is 0 Å². The van der Waals surface area contributed by atoms with Crippen molar-refractivity contribution in [2.45, 2.75) is 12.3 Å². The van der Waals surface area contributed by atoms with Gasteiger partial charge in [0.1, 0.15) is 0 Å². The van der Waals surface area contributed by atoms with Crippen LogP contribution in [-0.4, -0.2) is 9.97 Å². The summed E-state index contributed by atoms with van der Waals surface area (Å²) in [7, 11) is 0. The summed E-state index contributed by atoms with van der Waals surface area (Å²) in [5, 5.41) is 5.20. The van der Waals surface area contributed by atoms with E-state index in [-0.39, 0.29) is 5.41 Å². The normalized spacial score (nSPS) is 14.7. The van der Waals surface area contributed by atoms with Crippen LogP contribution in [0.15, 0.2) is 188 Å². The van der Waals surface area contributed by atoms with Gasteiger partial charge in [-0.05, 0) is 80.9 Å². The molecule has 2 aromatic heterocycles. The SMILES string of the molecule is CC1(c2ccccc2)c2ccccc2-c2c(-c3cc(-c4cccc(-c5cccc6sc7ccc8ccccc8c7c56)c4)nc(-c4ccccc4)n3)cccc21. The molecule has 3 heteroatoms. The number of hydrogen-bond donors (Lipinski definition) is 0. The van der Waals surface area contributed by atoms with Gasteiger partial charge in [-0.25, -0.2) is 9.97 Å². The van der Waals surface area contributed by atoms with Crippen molar-refractivity contribution in [1.29, 1.82) is 0 Å². The highest BCUT2D eigenvalue weighted by atomic mass is 32.1. The van der Waals surface area contributed by atoms with E-state index < -0.39 is 0 Å². The van der Waals surface area contributed by atoms with Crippen LogP contribution in [0, 0.1) is 0 Å². The Labute approximate surface area is 324 Å². The Kier molecular flexibility index (Phi) is 7.20. The van der Waals surface area contributed by atoms with E-state index in [1.807, 2.05) is 17.4 Å². The van der Waals surface area contributed by atoms with Gasteiger partial charge in [0.25, 0.3) is 0 Å². The average Bonchev–Trinajstić information content (AvgIpc) is 3.78. The fraction of sp³-hybridized carbons (Fsp3) is 0.0385. The van der Waals surface area contributed by atoms with E-state index in [1.54, 1.807) is 0 Å². The highest BCUT2D eigenvalue weighted by Gasteiger charge is 2.41. The van der Waals surface area contributed by atoms with Gasteiger partial charge in [0.05, 0.1) is 11.4 Å². The summed E-state index contributed by atoms with van der Waals surface area (Å²) in [6.07, 6.45) is 0. The molecular weight excluding hydrogens is 685 g/mol. The van der Waals surface area contributed by atoms with Gasteiger partial charge in [0, 0.05) is 42.3 Å². The second-order valence-electron chi connectivity index (χ2n) is 14.6. The molecule has 10 aromatic rings. The number of fused-ring (bicyclic) bond motifs is 8. The van der Waals surface area contributed by atoms with Gasteiger partial charge in [-0.15, -0.1) is 11.3 Å². The number of thiophene rings is 1. The lowest BCUT2D eigenvalue weighted by atomic mass is 9.74. The lowest BCUT2D eigenvalue weighted by Gasteiger charge is -2.28. The minimum absolute atomic E-state index is 0.298. The summed E-state index contributed by atoms with van der Waals surface area (Å²) in [6, 6.07) is 67.9. The van der Waals surface area contributed by atoms with Crippen LogP contribution in [-0.2, 0) is 5.41 Å². The Bertz CT molecular complexity index is 3110. The van der Waals surface area contributed by atoms with Crippen molar-refractivity contribution in [1.82, 2.24) is 9.97 Å². The van der Waals surface area contributed by atoms with E-state index in [0.717, 1.165) is 28.1 Å². The smallest absolute Gasteiger partial charge is 0.160 e. The van der Waals surface area contributed by atoms with Crippen LogP contribution in [0.1, 0.15) is 23.6 Å². The molecule has 8 aromatic carbocycles. The van der Waals surface area contributed by atoms with E-state index in [2.05, 4.69) is 189 Å². The maximum atomic E-state index is 5.34. The molecule has 258 valence electrons. The van der Waals surface area contributed by atoms with Gasteiger partial charge < -0.3 is 0 Å². The number of aromatic nitrogens is 2. The van der Waals surface area contributed by atoms with Crippen LogP contribution < -0.4 is 0 Å². The zero-order chi connectivity index (χ0) is 36.5. The average molecular weight is 719 g/mol. The molecule has 0 saturated heterocycles. The minimum Gasteiger partial charge on any atom is -0.228 e. The van der Waals surface area contributed by atoms with Crippen LogP contribution in [0.4, 0.5) is 0 Å². The Balaban J connectivity index is 1.12. The van der Waals surface area contributed by atoms with Gasteiger partial charge in [-0.2, -0.15) is 0 Å². The molecule has 0 saturated carbocycles. The van der Waals surface area contributed by atoms with Gasteiger partial charge in [-0.1, -0.05) is 164 Å². The fourth-order valence-corrected chi connectivity index (χ4v) is 10.1. The summed E-state index contributed by atoms with van der Waals surface area (Å²) < 4.78 is 2.61. The highest BCUT2D eigenvalue weighted by molar-refractivity contribution is 7.26. The van der Waals surface area contributed by atoms with Crippen LogP contribution in [0.2, 0.25) is 0 Å². The minimum atomic E-state index is -0.298. The molecule has 1 atom stereocenters. The van der Waals surface area contributed by atoms with E-state index >= 15 is 0 Å². The largest absolute Gasteiger partial charge is 0.228 e. The molecular formula is C52H34N2S. The van der Waals surface area contributed by atoms with Gasteiger partial charge >= 0.3 is 0 Å². The summed E-state index contributed by atoms with van der Waals surface area (Å²) >= 11 is 1.87. The molecule has 0 spiro atoms. The van der Waals surface area contributed by atoms with Crippen molar-refractivity contribution < 1.29 is 0 Å². The first-order chi connectivity index (χ1) is 27.1. The second-order valence-corrected chi connectivity index (χ2v) is 15.7.